The monoisotopic (exact) mass is 379 g/mol. The van der Waals surface area contributed by atoms with Crippen molar-refractivity contribution in [2.75, 3.05) is 14.2 Å². The van der Waals surface area contributed by atoms with Crippen LogP contribution in [0.2, 0.25) is 0 Å². The standard InChI is InChI=1S/C19H19F2NO5/c1-22(14(18(24)25)10-12-6-4-3-5-7-12)17(23)13-8-9-15(27-19(20)21)16(11-13)26-2/h3-9,11,14,19H,10H2,1-2H3,(H,24,25). The predicted octanol–water partition coefficient (Wildman–Crippen LogP) is 3.06. The third-order valence-electron chi connectivity index (χ3n) is 3.97. The summed E-state index contributed by atoms with van der Waals surface area (Å²) in [4.78, 5) is 25.5. The van der Waals surface area contributed by atoms with Crippen LogP contribution in [0.25, 0.3) is 0 Å². The highest BCUT2D eigenvalue weighted by Gasteiger charge is 2.28. The summed E-state index contributed by atoms with van der Waals surface area (Å²) in [5.41, 5.74) is 0.859. The van der Waals surface area contributed by atoms with Crippen LogP contribution in [-0.2, 0) is 11.2 Å². The number of nitrogens with zero attached hydrogens (tertiary/aromatic N) is 1. The number of ether oxygens (including phenoxy) is 2. The van der Waals surface area contributed by atoms with E-state index in [4.69, 9.17) is 4.74 Å². The number of alkyl halides is 2. The molecule has 0 spiro atoms. The van der Waals surface area contributed by atoms with Crippen molar-refractivity contribution >= 4 is 11.9 Å². The lowest BCUT2D eigenvalue weighted by molar-refractivity contribution is -0.141. The summed E-state index contributed by atoms with van der Waals surface area (Å²) in [7, 11) is 2.63. The van der Waals surface area contributed by atoms with Gasteiger partial charge in [-0.15, -0.1) is 0 Å². The normalized spacial score (nSPS) is 11.7. The maximum atomic E-state index is 12.7. The molecule has 0 saturated carbocycles. The summed E-state index contributed by atoms with van der Waals surface area (Å²) >= 11 is 0. The average molecular weight is 379 g/mol. The van der Waals surface area contributed by atoms with Crippen molar-refractivity contribution in [3.05, 3.63) is 59.7 Å². The average Bonchev–Trinajstić information content (AvgIpc) is 2.65. The van der Waals surface area contributed by atoms with Crippen LogP contribution in [0.4, 0.5) is 8.78 Å². The Balaban J connectivity index is 2.24. The summed E-state index contributed by atoms with van der Waals surface area (Å²) in [5, 5.41) is 9.52. The summed E-state index contributed by atoms with van der Waals surface area (Å²) in [5.74, 6) is -2.00. The van der Waals surface area contributed by atoms with E-state index < -0.39 is 24.5 Å². The molecule has 0 aliphatic heterocycles. The van der Waals surface area contributed by atoms with Crippen molar-refractivity contribution in [1.29, 1.82) is 0 Å². The SMILES string of the molecule is COc1cc(C(=O)N(C)C(Cc2ccccc2)C(=O)O)ccc1OC(F)F. The molecule has 0 saturated heterocycles. The van der Waals surface area contributed by atoms with E-state index in [0.717, 1.165) is 10.5 Å². The van der Waals surface area contributed by atoms with Gasteiger partial charge in [-0.1, -0.05) is 30.3 Å². The van der Waals surface area contributed by atoms with Gasteiger partial charge in [0.05, 0.1) is 7.11 Å². The lowest BCUT2D eigenvalue weighted by Gasteiger charge is -2.25. The fraction of sp³-hybridized carbons (Fsp3) is 0.263. The van der Waals surface area contributed by atoms with Gasteiger partial charge in [-0.05, 0) is 23.8 Å². The Hall–Kier alpha value is -3.16. The third kappa shape index (κ3) is 5.16. The second-order valence-electron chi connectivity index (χ2n) is 5.70. The Bertz CT molecular complexity index is 798. The topological polar surface area (TPSA) is 76.1 Å². The molecule has 8 heteroatoms. The molecule has 27 heavy (non-hydrogen) atoms. The molecule has 0 fully saturated rings. The quantitative estimate of drug-likeness (QED) is 0.763. The molecule has 1 N–H and O–H groups in total. The zero-order chi connectivity index (χ0) is 20.0. The second kappa shape index (κ2) is 8.98. The molecule has 6 nitrogen and oxygen atoms in total. The van der Waals surface area contributed by atoms with Crippen LogP contribution in [0.5, 0.6) is 11.5 Å². The number of benzene rings is 2. The molecular weight excluding hydrogens is 360 g/mol. The number of methoxy groups -OCH3 is 1. The zero-order valence-corrected chi connectivity index (χ0v) is 14.8. The number of amides is 1. The van der Waals surface area contributed by atoms with Gasteiger partial charge in [-0.3, -0.25) is 4.79 Å². The first-order chi connectivity index (χ1) is 12.8. The van der Waals surface area contributed by atoms with Crippen LogP contribution >= 0.6 is 0 Å². The maximum absolute atomic E-state index is 12.7. The minimum absolute atomic E-state index is 0.0514. The summed E-state index contributed by atoms with van der Waals surface area (Å²) in [6, 6.07) is 11.5. The van der Waals surface area contributed by atoms with Crippen molar-refractivity contribution in [3.63, 3.8) is 0 Å². The van der Waals surface area contributed by atoms with Gasteiger partial charge in [-0.2, -0.15) is 8.78 Å². The van der Waals surface area contributed by atoms with Gasteiger partial charge < -0.3 is 19.5 Å². The first-order valence-electron chi connectivity index (χ1n) is 8.00. The number of aliphatic carboxylic acids is 1. The van der Waals surface area contributed by atoms with E-state index >= 15 is 0 Å². The lowest BCUT2D eigenvalue weighted by Crippen LogP contribution is -2.43. The maximum Gasteiger partial charge on any atom is 0.387 e. The third-order valence-corrected chi connectivity index (χ3v) is 3.97. The van der Waals surface area contributed by atoms with Gasteiger partial charge in [0.15, 0.2) is 11.5 Å². The molecule has 0 aromatic heterocycles. The van der Waals surface area contributed by atoms with Crippen LogP contribution in [0.1, 0.15) is 15.9 Å². The van der Waals surface area contributed by atoms with E-state index in [0.29, 0.717) is 0 Å². The molecule has 0 radical (unpaired) electrons. The highest BCUT2D eigenvalue weighted by Crippen LogP contribution is 2.30. The van der Waals surface area contributed by atoms with Gasteiger partial charge in [-0.25, -0.2) is 4.79 Å². The predicted molar refractivity (Wildman–Crippen MR) is 93.3 cm³/mol. The zero-order valence-electron chi connectivity index (χ0n) is 14.8. The largest absolute Gasteiger partial charge is 0.493 e. The van der Waals surface area contributed by atoms with E-state index in [1.54, 1.807) is 24.3 Å². The van der Waals surface area contributed by atoms with Crippen molar-refractivity contribution < 1.29 is 33.0 Å². The fourth-order valence-electron chi connectivity index (χ4n) is 2.57. The van der Waals surface area contributed by atoms with Crippen LogP contribution in [0.3, 0.4) is 0 Å². The molecule has 2 rings (SSSR count). The summed E-state index contributed by atoms with van der Waals surface area (Å²) in [6.07, 6.45) is 0.127. The van der Waals surface area contributed by atoms with Gasteiger partial charge in [0.2, 0.25) is 0 Å². The van der Waals surface area contributed by atoms with Crippen LogP contribution in [-0.4, -0.2) is 48.7 Å². The second-order valence-corrected chi connectivity index (χ2v) is 5.70. The highest BCUT2D eigenvalue weighted by molar-refractivity contribution is 5.97. The van der Waals surface area contributed by atoms with E-state index in [1.807, 2.05) is 6.07 Å². The van der Waals surface area contributed by atoms with Crippen LogP contribution in [0.15, 0.2) is 48.5 Å². The molecule has 2 aromatic carbocycles. The molecular formula is C19H19F2NO5. The van der Waals surface area contributed by atoms with Gasteiger partial charge in [0.25, 0.3) is 5.91 Å². The lowest BCUT2D eigenvalue weighted by atomic mass is 10.0. The Morgan fingerprint density at radius 1 is 1.11 bits per heavy atom. The van der Waals surface area contributed by atoms with Crippen molar-refractivity contribution in [2.45, 2.75) is 19.1 Å². The summed E-state index contributed by atoms with van der Waals surface area (Å²) in [6.45, 7) is -3.04. The number of carboxylic acid groups (broad SMARTS) is 1. The molecule has 2 aromatic rings. The van der Waals surface area contributed by atoms with E-state index in [1.165, 1.54) is 32.4 Å². The number of likely N-dealkylation sites (N-methyl/N-ethyl adjacent to an activating group) is 1. The summed E-state index contributed by atoms with van der Waals surface area (Å²) < 4.78 is 34.1. The number of rotatable bonds is 8. The van der Waals surface area contributed by atoms with E-state index in [9.17, 15) is 23.5 Å². The van der Waals surface area contributed by atoms with E-state index in [2.05, 4.69) is 4.74 Å². The number of carbonyl (C=O) groups is 2. The minimum atomic E-state index is -3.04. The first kappa shape index (κ1) is 20.2. The van der Waals surface area contributed by atoms with Crippen LogP contribution in [0, 0.1) is 0 Å². The number of halogens is 2. The Morgan fingerprint density at radius 3 is 2.33 bits per heavy atom. The first-order valence-corrected chi connectivity index (χ1v) is 8.00. The highest BCUT2D eigenvalue weighted by atomic mass is 19.3. The molecule has 0 aliphatic rings. The molecule has 144 valence electrons. The molecule has 0 aliphatic carbocycles. The minimum Gasteiger partial charge on any atom is -0.493 e. The molecule has 1 atom stereocenters. The molecule has 1 amide bonds. The molecule has 1 unspecified atom stereocenters. The van der Waals surface area contributed by atoms with Gasteiger partial charge in [0, 0.05) is 19.0 Å². The smallest absolute Gasteiger partial charge is 0.387 e. The number of carbonyl (C=O) groups excluding carboxylic acids is 1. The van der Waals surface area contributed by atoms with Gasteiger partial charge in [0.1, 0.15) is 6.04 Å². The number of hydrogen-bond donors (Lipinski definition) is 1. The number of hydrogen-bond acceptors (Lipinski definition) is 4. The van der Waals surface area contributed by atoms with Crippen molar-refractivity contribution in [1.82, 2.24) is 4.90 Å². The Labute approximate surface area is 154 Å². The Kier molecular flexibility index (Phi) is 6.70. The van der Waals surface area contributed by atoms with Crippen LogP contribution < -0.4 is 9.47 Å². The van der Waals surface area contributed by atoms with Crippen molar-refractivity contribution in [2.24, 2.45) is 0 Å². The van der Waals surface area contributed by atoms with E-state index in [-0.39, 0.29) is 23.5 Å². The fourth-order valence-corrected chi connectivity index (χ4v) is 2.57. The number of carboxylic acids is 1. The van der Waals surface area contributed by atoms with Crippen molar-refractivity contribution in [3.8, 4) is 11.5 Å². The molecule has 0 bridgehead atoms. The Morgan fingerprint density at radius 2 is 1.78 bits per heavy atom. The van der Waals surface area contributed by atoms with Gasteiger partial charge >= 0.3 is 12.6 Å². The molecule has 0 heterocycles.